The minimum atomic E-state index is -0.0694. The van der Waals surface area contributed by atoms with Gasteiger partial charge in [0.05, 0.1) is 12.2 Å². The summed E-state index contributed by atoms with van der Waals surface area (Å²) in [5.41, 5.74) is 3.62. The smallest absolute Gasteiger partial charge is 0.0816 e. The Kier molecular flexibility index (Phi) is 5.22. The van der Waals surface area contributed by atoms with E-state index in [1.54, 1.807) is 11.1 Å². The van der Waals surface area contributed by atoms with Gasteiger partial charge in [0.2, 0.25) is 0 Å². The van der Waals surface area contributed by atoms with E-state index in [9.17, 15) is 0 Å². The van der Waals surface area contributed by atoms with E-state index in [1.165, 1.54) is 42.1 Å². The highest BCUT2D eigenvalue weighted by molar-refractivity contribution is 7.11. The van der Waals surface area contributed by atoms with Crippen LogP contribution >= 0.6 is 11.3 Å². The number of ether oxygens (including phenoxy) is 1. The standard InChI is InChI=1S/C24H33NOS/c1-18-15-24(22-8-6-5-7-21(18)22)11-13-25(14-12-24)16-19-9-10-20(27-19)17-26-23(2,3)4/h5-10,18H,11-17H2,1-4H3. The van der Waals surface area contributed by atoms with Gasteiger partial charge in [-0.2, -0.15) is 0 Å². The molecule has 2 nitrogen and oxygen atoms in total. The molecule has 1 saturated heterocycles. The monoisotopic (exact) mass is 383 g/mol. The Morgan fingerprint density at radius 3 is 2.52 bits per heavy atom. The number of likely N-dealkylation sites (tertiary alicyclic amines) is 1. The van der Waals surface area contributed by atoms with Crippen molar-refractivity contribution in [3.05, 3.63) is 57.3 Å². The number of piperidine rings is 1. The van der Waals surface area contributed by atoms with Gasteiger partial charge in [-0.05, 0) is 87.7 Å². The van der Waals surface area contributed by atoms with Crippen molar-refractivity contribution < 1.29 is 4.74 Å². The van der Waals surface area contributed by atoms with Crippen molar-refractivity contribution in [1.29, 1.82) is 0 Å². The Hall–Kier alpha value is -1.16. The van der Waals surface area contributed by atoms with Crippen LogP contribution in [-0.4, -0.2) is 23.6 Å². The van der Waals surface area contributed by atoms with Gasteiger partial charge in [-0.15, -0.1) is 11.3 Å². The first-order chi connectivity index (χ1) is 12.8. The topological polar surface area (TPSA) is 12.5 Å². The van der Waals surface area contributed by atoms with Crippen LogP contribution in [0.2, 0.25) is 0 Å². The molecule has 3 heteroatoms. The van der Waals surface area contributed by atoms with E-state index >= 15 is 0 Å². The Balaban J connectivity index is 1.35. The average Bonchev–Trinajstić information content (AvgIpc) is 3.19. The van der Waals surface area contributed by atoms with Gasteiger partial charge in [0, 0.05) is 16.3 Å². The maximum Gasteiger partial charge on any atom is 0.0816 e. The molecule has 4 rings (SSSR count). The molecule has 1 spiro atoms. The van der Waals surface area contributed by atoms with Crippen LogP contribution in [0.1, 0.15) is 73.8 Å². The number of thiophene rings is 1. The second-order valence-electron chi connectivity index (χ2n) is 9.52. The second-order valence-corrected chi connectivity index (χ2v) is 10.8. The molecule has 146 valence electrons. The van der Waals surface area contributed by atoms with E-state index < -0.39 is 0 Å². The molecule has 2 aromatic rings. The van der Waals surface area contributed by atoms with Crippen molar-refractivity contribution in [1.82, 2.24) is 4.90 Å². The molecule has 2 aliphatic rings. The van der Waals surface area contributed by atoms with Crippen LogP contribution in [0.3, 0.4) is 0 Å². The predicted octanol–water partition coefficient (Wildman–Crippen LogP) is 6.10. The van der Waals surface area contributed by atoms with Gasteiger partial charge in [0.1, 0.15) is 0 Å². The Bertz CT molecular complexity index is 780. The van der Waals surface area contributed by atoms with Crippen LogP contribution < -0.4 is 0 Å². The highest BCUT2D eigenvalue weighted by Gasteiger charge is 2.43. The molecule has 1 aromatic carbocycles. The van der Waals surface area contributed by atoms with Crippen LogP contribution in [0.4, 0.5) is 0 Å². The Morgan fingerprint density at radius 1 is 1.07 bits per heavy atom. The van der Waals surface area contributed by atoms with Gasteiger partial charge in [0.25, 0.3) is 0 Å². The van der Waals surface area contributed by atoms with Gasteiger partial charge in [-0.3, -0.25) is 4.90 Å². The van der Waals surface area contributed by atoms with Crippen molar-refractivity contribution in [2.75, 3.05) is 13.1 Å². The van der Waals surface area contributed by atoms with Crippen molar-refractivity contribution in [3.63, 3.8) is 0 Å². The first-order valence-electron chi connectivity index (χ1n) is 10.4. The molecule has 1 unspecified atom stereocenters. The van der Waals surface area contributed by atoms with Gasteiger partial charge >= 0.3 is 0 Å². The quantitative estimate of drug-likeness (QED) is 0.632. The minimum Gasteiger partial charge on any atom is -0.370 e. The summed E-state index contributed by atoms with van der Waals surface area (Å²) in [6.07, 6.45) is 3.95. The fraction of sp³-hybridized carbons (Fsp3) is 0.583. The number of benzene rings is 1. The normalized spacial score (nSPS) is 22.3. The third kappa shape index (κ3) is 4.16. The molecule has 1 fully saturated rings. The third-order valence-corrected chi connectivity index (χ3v) is 7.36. The first kappa shape index (κ1) is 19.2. The van der Waals surface area contributed by atoms with E-state index in [2.05, 4.69) is 69.0 Å². The highest BCUT2D eigenvalue weighted by Crippen LogP contribution is 2.51. The van der Waals surface area contributed by atoms with Crippen molar-refractivity contribution in [3.8, 4) is 0 Å². The van der Waals surface area contributed by atoms with E-state index in [1.807, 2.05) is 11.3 Å². The Morgan fingerprint density at radius 2 is 1.78 bits per heavy atom. The van der Waals surface area contributed by atoms with Gasteiger partial charge < -0.3 is 4.74 Å². The molecule has 0 bridgehead atoms. The molecule has 27 heavy (non-hydrogen) atoms. The summed E-state index contributed by atoms with van der Waals surface area (Å²) in [6, 6.07) is 13.7. The maximum atomic E-state index is 5.92. The number of rotatable bonds is 4. The highest BCUT2D eigenvalue weighted by atomic mass is 32.1. The molecule has 0 radical (unpaired) electrons. The summed E-state index contributed by atoms with van der Waals surface area (Å²) in [5.74, 6) is 0.718. The van der Waals surface area contributed by atoms with Crippen LogP contribution in [0.25, 0.3) is 0 Å². The zero-order chi connectivity index (χ0) is 19.1. The van der Waals surface area contributed by atoms with Crippen LogP contribution in [0.5, 0.6) is 0 Å². The van der Waals surface area contributed by atoms with Gasteiger partial charge in [-0.1, -0.05) is 31.2 Å². The number of nitrogens with zero attached hydrogens (tertiary/aromatic N) is 1. The van der Waals surface area contributed by atoms with Crippen LogP contribution in [0.15, 0.2) is 36.4 Å². The number of hydrogen-bond acceptors (Lipinski definition) is 3. The zero-order valence-corrected chi connectivity index (χ0v) is 18.1. The van der Waals surface area contributed by atoms with Gasteiger partial charge in [0.15, 0.2) is 0 Å². The Labute approximate surface area is 168 Å². The van der Waals surface area contributed by atoms with E-state index in [4.69, 9.17) is 4.74 Å². The lowest BCUT2D eigenvalue weighted by Crippen LogP contribution is -2.41. The summed E-state index contributed by atoms with van der Waals surface area (Å²) < 4.78 is 5.92. The molecule has 1 atom stereocenters. The molecule has 1 aliphatic carbocycles. The SMILES string of the molecule is CC1CC2(CCN(Cc3ccc(COC(C)(C)C)s3)CC2)c2ccccc21. The third-order valence-electron chi connectivity index (χ3n) is 6.32. The molecule has 2 heterocycles. The average molecular weight is 384 g/mol. The van der Waals surface area contributed by atoms with Gasteiger partial charge in [-0.25, -0.2) is 0 Å². The molecule has 0 saturated carbocycles. The number of hydrogen-bond donors (Lipinski definition) is 0. The summed E-state index contributed by atoms with van der Waals surface area (Å²) in [6.45, 7) is 13.0. The summed E-state index contributed by atoms with van der Waals surface area (Å²) in [7, 11) is 0. The van der Waals surface area contributed by atoms with Crippen molar-refractivity contribution in [2.24, 2.45) is 0 Å². The lowest BCUT2D eigenvalue weighted by molar-refractivity contribution is -0.0136. The van der Waals surface area contributed by atoms with Crippen LogP contribution in [-0.2, 0) is 23.3 Å². The molecule has 0 N–H and O–H groups in total. The molecular formula is C24H33NOS. The largest absolute Gasteiger partial charge is 0.370 e. The molecule has 1 aliphatic heterocycles. The summed E-state index contributed by atoms with van der Waals surface area (Å²) >= 11 is 1.91. The van der Waals surface area contributed by atoms with Crippen LogP contribution in [0, 0.1) is 0 Å². The minimum absolute atomic E-state index is 0.0694. The second kappa shape index (κ2) is 7.35. The fourth-order valence-electron chi connectivity index (χ4n) is 4.92. The maximum absolute atomic E-state index is 5.92. The van der Waals surface area contributed by atoms with E-state index in [-0.39, 0.29) is 5.60 Å². The molecule has 1 aromatic heterocycles. The summed E-state index contributed by atoms with van der Waals surface area (Å²) in [5, 5.41) is 0. The molecular weight excluding hydrogens is 350 g/mol. The van der Waals surface area contributed by atoms with Crippen molar-refractivity contribution in [2.45, 2.75) is 77.0 Å². The number of fused-ring (bicyclic) bond motifs is 2. The fourth-order valence-corrected chi connectivity index (χ4v) is 5.90. The molecule has 0 amide bonds. The lowest BCUT2D eigenvalue weighted by atomic mass is 9.73. The zero-order valence-electron chi connectivity index (χ0n) is 17.3. The van der Waals surface area contributed by atoms with Crippen molar-refractivity contribution >= 4 is 11.3 Å². The van der Waals surface area contributed by atoms with E-state index in [0.717, 1.165) is 19.1 Å². The first-order valence-corrected chi connectivity index (χ1v) is 11.2. The summed E-state index contributed by atoms with van der Waals surface area (Å²) in [4.78, 5) is 5.46. The lowest BCUT2D eigenvalue weighted by Gasteiger charge is -2.40. The predicted molar refractivity (Wildman–Crippen MR) is 115 cm³/mol. The van der Waals surface area contributed by atoms with E-state index in [0.29, 0.717) is 5.41 Å².